The first kappa shape index (κ1) is 31.6. The number of piperazine rings is 1. The summed E-state index contributed by atoms with van der Waals surface area (Å²) in [4.78, 5) is 50.9. The van der Waals surface area contributed by atoms with Gasteiger partial charge in [0.1, 0.15) is 5.82 Å². The molecule has 1 aromatic carbocycles. The lowest BCUT2D eigenvalue weighted by molar-refractivity contribution is -0.141. The molecule has 240 valence electrons. The van der Waals surface area contributed by atoms with Gasteiger partial charge in [-0.2, -0.15) is 18.2 Å². The van der Waals surface area contributed by atoms with E-state index in [0.717, 1.165) is 12.8 Å². The number of halogens is 3. The Kier molecular flexibility index (Phi) is 9.44. The molecule has 12 nitrogen and oxygen atoms in total. The highest BCUT2D eigenvalue weighted by Gasteiger charge is 2.42. The molecule has 2 aromatic heterocycles. The van der Waals surface area contributed by atoms with Crippen LogP contribution in [0.25, 0.3) is 0 Å². The maximum Gasteiger partial charge on any atom is 0.437 e. The first-order valence-electron chi connectivity index (χ1n) is 14.7. The van der Waals surface area contributed by atoms with Gasteiger partial charge in [-0.15, -0.1) is 0 Å². The number of hydrogen-bond donors (Lipinski definition) is 2. The van der Waals surface area contributed by atoms with E-state index in [4.69, 9.17) is 9.15 Å². The Balaban J connectivity index is 1.17. The second-order valence-electron chi connectivity index (χ2n) is 10.9. The Labute approximate surface area is 257 Å². The van der Waals surface area contributed by atoms with Gasteiger partial charge in [0, 0.05) is 45.0 Å². The lowest BCUT2D eigenvalue weighted by Crippen LogP contribution is -2.50. The molecule has 5 rings (SSSR count). The molecule has 1 unspecified atom stereocenters. The average Bonchev–Trinajstić information content (AvgIpc) is 3.49. The second-order valence-corrected chi connectivity index (χ2v) is 10.9. The van der Waals surface area contributed by atoms with E-state index in [1.165, 1.54) is 12.3 Å². The predicted octanol–water partition coefficient (Wildman–Crippen LogP) is 5.11. The number of rotatable bonds is 7. The average molecular weight is 630 g/mol. The van der Waals surface area contributed by atoms with Crippen molar-refractivity contribution >= 4 is 41.1 Å². The van der Waals surface area contributed by atoms with Gasteiger partial charge in [-0.05, 0) is 56.0 Å². The minimum absolute atomic E-state index is 0.185. The molecule has 2 saturated heterocycles. The summed E-state index contributed by atoms with van der Waals surface area (Å²) in [6, 6.07) is 9.14. The zero-order chi connectivity index (χ0) is 32.1. The fourth-order valence-electron chi connectivity index (χ4n) is 5.27. The van der Waals surface area contributed by atoms with Gasteiger partial charge in [-0.25, -0.2) is 14.6 Å². The highest BCUT2D eigenvalue weighted by atomic mass is 19.4. The van der Waals surface area contributed by atoms with Gasteiger partial charge in [-0.3, -0.25) is 4.79 Å². The van der Waals surface area contributed by atoms with E-state index in [2.05, 4.69) is 20.6 Å². The quantitative estimate of drug-likeness (QED) is 0.342. The normalized spacial score (nSPS) is 17.2. The molecule has 3 amide bonds. The van der Waals surface area contributed by atoms with E-state index in [9.17, 15) is 27.6 Å². The van der Waals surface area contributed by atoms with Crippen molar-refractivity contribution in [2.45, 2.75) is 32.9 Å². The molecule has 1 atom stereocenters. The monoisotopic (exact) mass is 629 g/mol. The summed E-state index contributed by atoms with van der Waals surface area (Å²) in [5, 5.41) is 5.22. The fourth-order valence-corrected chi connectivity index (χ4v) is 5.27. The zero-order valence-corrected chi connectivity index (χ0v) is 24.9. The van der Waals surface area contributed by atoms with Crippen LogP contribution in [0.4, 0.5) is 41.2 Å². The van der Waals surface area contributed by atoms with Gasteiger partial charge in [0.2, 0.25) is 5.76 Å². The van der Waals surface area contributed by atoms with Crippen LogP contribution in [0, 0.1) is 5.92 Å². The van der Waals surface area contributed by atoms with Crippen molar-refractivity contribution in [1.82, 2.24) is 14.9 Å². The van der Waals surface area contributed by atoms with Crippen molar-refractivity contribution in [2.75, 3.05) is 66.3 Å². The number of nitrogens with one attached hydrogen (secondary N) is 2. The molecule has 3 aromatic rings. The van der Waals surface area contributed by atoms with Crippen LogP contribution < -0.4 is 20.4 Å². The summed E-state index contributed by atoms with van der Waals surface area (Å²) < 4.78 is 51.6. The van der Waals surface area contributed by atoms with Crippen LogP contribution in [0.1, 0.15) is 53.3 Å². The number of oxazole rings is 1. The van der Waals surface area contributed by atoms with Gasteiger partial charge in [0.05, 0.1) is 24.1 Å². The fraction of sp³-hybridized carbons (Fsp3) is 0.433. The third-order valence-corrected chi connectivity index (χ3v) is 7.54. The number of aromatic nitrogens is 2. The minimum Gasteiger partial charge on any atom is -0.462 e. The number of carbonyl (C=O) groups is 3. The predicted molar refractivity (Wildman–Crippen MR) is 160 cm³/mol. The van der Waals surface area contributed by atoms with Crippen LogP contribution in [0.2, 0.25) is 0 Å². The number of piperidine rings is 1. The Morgan fingerprint density at radius 3 is 2.47 bits per heavy atom. The van der Waals surface area contributed by atoms with E-state index < -0.39 is 29.5 Å². The van der Waals surface area contributed by atoms with Crippen LogP contribution in [-0.4, -0.2) is 78.7 Å². The summed E-state index contributed by atoms with van der Waals surface area (Å²) in [6.45, 7) is 6.69. The summed E-state index contributed by atoms with van der Waals surface area (Å²) in [5.41, 5.74) is -0.378. The van der Waals surface area contributed by atoms with E-state index in [1.807, 2.05) is 11.8 Å². The van der Waals surface area contributed by atoms with Gasteiger partial charge >= 0.3 is 18.2 Å². The molecular formula is C30H34F3N7O5. The number of alkyl halides is 3. The minimum atomic E-state index is -4.87. The molecule has 15 heteroatoms. The number of anilines is 4. The van der Waals surface area contributed by atoms with E-state index in [1.54, 1.807) is 47.1 Å². The second kappa shape index (κ2) is 13.4. The molecule has 2 fully saturated rings. The summed E-state index contributed by atoms with van der Waals surface area (Å²) in [5.74, 6) is -1.60. The van der Waals surface area contributed by atoms with Crippen LogP contribution in [0.5, 0.6) is 0 Å². The lowest BCUT2D eigenvalue weighted by Gasteiger charge is -2.35. The smallest absolute Gasteiger partial charge is 0.437 e. The van der Waals surface area contributed by atoms with E-state index in [0.29, 0.717) is 56.3 Å². The Morgan fingerprint density at radius 2 is 1.80 bits per heavy atom. The molecule has 0 radical (unpaired) electrons. The molecular weight excluding hydrogens is 595 g/mol. The van der Waals surface area contributed by atoms with Crippen molar-refractivity contribution in [2.24, 2.45) is 5.92 Å². The Morgan fingerprint density at radius 1 is 1.02 bits per heavy atom. The van der Waals surface area contributed by atoms with Crippen molar-refractivity contribution in [3.8, 4) is 0 Å². The largest absolute Gasteiger partial charge is 0.462 e. The number of benzene rings is 1. The molecule has 0 aliphatic carbocycles. The number of ether oxygens (including phenoxy) is 1. The van der Waals surface area contributed by atoms with Gasteiger partial charge in [0.15, 0.2) is 5.69 Å². The number of urea groups is 1. The van der Waals surface area contributed by atoms with Crippen molar-refractivity contribution in [3.05, 3.63) is 59.6 Å². The molecule has 0 bridgehead atoms. The number of amides is 3. The molecule has 0 spiro atoms. The van der Waals surface area contributed by atoms with Crippen LogP contribution in [0.3, 0.4) is 0 Å². The number of carbonyl (C=O) groups excluding carboxylic acids is 3. The molecule has 4 heterocycles. The lowest BCUT2D eigenvalue weighted by atomic mass is 10.0. The molecule has 2 N–H and O–H groups in total. The van der Waals surface area contributed by atoms with Crippen molar-refractivity contribution in [3.63, 3.8) is 0 Å². The molecule has 0 saturated carbocycles. The molecule has 2 aliphatic heterocycles. The van der Waals surface area contributed by atoms with Crippen molar-refractivity contribution in [1.29, 1.82) is 0 Å². The van der Waals surface area contributed by atoms with Gasteiger partial charge in [0.25, 0.3) is 11.9 Å². The van der Waals surface area contributed by atoms with Crippen LogP contribution >= 0.6 is 0 Å². The van der Waals surface area contributed by atoms with E-state index in [-0.39, 0.29) is 30.3 Å². The summed E-state index contributed by atoms with van der Waals surface area (Å²) in [6.07, 6.45) is -1.78. The summed E-state index contributed by atoms with van der Waals surface area (Å²) in [7, 11) is 0. The van der Waals surface area contributed by atoms with E-state index >= 15 is 0 Å². The maximum atomic E-state index is 13.7. The van der Waals surface area contributed by atoms with Crippen LogP contribution in [0.15, 0.2) is 47.0 Å². The highest BCUT2D eigenvalue weighted by Crippen LogP contribution is 2.35. The topological polar surface area (TPSA) is 133 Å². The molecule has 45 heavy (non-hydrogen) atoms. The number of esters is 1. The third-order valence-electron chi connectivity index (χ3n) is 7.54. The standard InChI is InChI=1S/C30H34F3N7O5/c1-3-44-27(42)20-7-4-8-21(16-20)36-28(43)39-14-12-38(13-15-39)23-10-9-22(17-34-23)35-26(41)24-25(30(31,32)33)37-29(45-24)40-11-5-6-19(2)18-40/h4,7-10,16-17,19H,3,5-6,11-15,18H2,1-2H3,(H,35,41)(H,36,43). The summed E-state index contributed by atoms with van der Waals surface area (Å²) >= 11 is 0. The Bertz CT molecular complexity index is 1520. The third kappa shape index (κ3) is 7.64. The number of hydrogen-bond acceptors (Lipinski definition) is 9. The SMILES string of the molecule is CCOC(=O)c1cccc(NC(=O)N2CCN(c3ccc(NC(=O)c4oc(N5CCCC(C)C5)nc4C(F)(F)F)cn3)CC2)c1. The van der Waals surface area contributed by atoms with Crippen LogP contribution in [-0.2, 0) is 10.9 Å². The highest BCUT2D eigenvalue weighted by molar-refractivity contribution is 6.03. The maximum absolute atomic E-state index is 13.7. The van der Waals surface area contributed by atoms with Crippen molar-refractivity contribution < 1.29 is 36.7 Å². The molecule has 2 aliphatic rings. The van der Waals surface area contributed by atoms with Gasteiger partial charge in [-0.1, -0.05) is 13.0 Å². The number of nitrogens with zero attached hydrogens (tertiary/aromatic N) is 5. The first-order chi connectivity index (χ1) is 21.5. The zero-order valence-electron chi connectivity index (χ0n) is 24.9. The van der Waals surface area contributed by atoms with Gasteiger partial charge < -0.3 is 34.5 Å². The Hall–Kier alpha value is -4.82. The first-order valence-corrected chi connectivity index (χ1v) is 14.7. The number of pyridine rings is 1.